The third kappa shape index (κ3) is 6.16. The van der Waals surface area contributed by atoms with E-state index < -0.39 is 0 Å². The second-order valence-corrected chi connectivity index (χ2v) is 9.76. The standard InChI is InChI=1S/C24H40.2Re/c1-3-7-19(8-4-1)21-11-15-23(16-12-21)24-17-13-22(14-18-24)20-9-5-2-6-10-20;;/h1-2,19-24H,3-18H2;;/q-2;;. The van der Waals surface area contributed by atoms with Crippen molar-refractivity contribution in [1.82, 2.24) is 0 Å². The summed E-state index contributed by atoms with van der Waals surface area (Å²) in [5, 5.41) is 0. The SMILES string of the molecule is [CH-]1CCC(C2CCC(C3CCC(C4CC[CH-]CC4)CC3)CC2)CC1.[Re].[Re]. The van der Waals surface area contributed by atoms with Crippen LogP contribution >= 0.6 is 0 Å². The quantitative estimate of drug-likeness (QED) is 0.270. The Kier molecular flexibility index (Phi) is 11.0. The van der Waals surface area contributed by atoms with E-state index in [0.717, 1.165) is 35.5 Å². The first-order chi connectivity index (χ1) is 11.9. The molecule has 2 radical (unpaired) electrons. The molecule has 2 heteroatoms. The minimum Gasteiger partial charge on any atom is -0.328 e. The molecule has 4 saturated carbocycles. The van der Waals surface area contributed by atoms with Gasteiger partial charge >= 0.3 is 0 Å². The van der Waals surface area contributed by atoms with Crippen LogP contribution in [-0.4, -0.2) is 0 Å². The summed E-state index contributed by atoms with van der Waals surface area (Å²) in [6.07, 6.45) is 29.4. The Morgan fingerprint density at radius 3 is 0.731 bits per heavy atom. The predicted octanol–water partition coefficient (Wildman–Crippen LogP) is 7.38. The van der Waals surface area contributed by atoms with Crippen LogP contribution in [0.2, 0.25) is 0 Å². The van der Waals surface area contributed by atoms with Gasteiger partial charge < -0.3 is 12.8 Å². The van der Waals surface area contributed by atoms with Gasteiger partial charge in [-0.25, -0.2) is 0 Å². The van der Waals surface area contributed by atoms with E-state index in [0.29, 0.717) is 0 Å². The smallest absolute Gasteiger partial charge is 0 e. The Morgan fingerprint density at radius 1 is 0.308 bits per heavy atom. The van der Waals surface area contributed by atoms with Gasteiger partial charge in [0.15, 0.2) is 0 Å². The monoisotopic (exact) mass is 702 g/mol. The van der Waals surface area contributed by atoms with Crippen LogP contribution in [0.25, 0.3) is 0 Å². The van der Waals surface area contributed by atoms with E-state index in [1.54, 1.807) is 51.4 Å². The summed E-state index contributed by atoms with van der Waals surface area (Å²) < 4.78 is 0. The summed E-state index contributed by atoms with van der Waals surface area (Å²) >= 11 is 0. The summed E-state index contributed by atoms with van der Waals surface area (Å²) in [7, 11) is 0. The van der Waals surface area contributed by atoms with Crippen molar-refractivity contribution in [2.75, 3.05) is 0 Å². The predicted molar refractivity (Wildman–Crippen MR) is 103 cm³/mol. The van der Waals surface area contributed by atoms with Gasteiger partial charge in [0, 0.05) is 40.8 Å². The molecular weight excluding hydrogens is 661 g/mol. The Hall–Kier alpha value is 1.32. The maximum absolute atomic E-state index is 2.53. The molecule has 0 aromatic rings. The Bertz CT molecular complexity index is 318. The van der Waals surface area contributed by atoms with Crippen molar-refractivity contribution in [3.8, 4) is 0 Å². The molecule has 0 aliphatic heterocycles. The van der Waals surface area contributed by atoms with Gasteiger partial charge in [0.05, 0.1) is 0 Å². The van der Waals surface area contributed by atoms with Crippen LogP contribution in [0, 0.1) is 48.3 Å². The van der Waals surface area contributed by atoms with Gasteiger partial charge in [-0.2, -0.15) is 25.7 Å². The van der Waals surface area contributed by atoms with Crippen molar-refractivity contribution < 1.29 is 40.8 Å². The van der Waals surface area contributed by atoms with Gasteiger partial charge in [-0.3, -0.25) is 0 Å². The Morgan fingerprint density at radius 2 is 0.500 bits per heavy atom. The molecule has 0 amide bonds. The molecule has 0 aromatic heterocycles. The first-order valence-electron chi connectivity index (χ1n) is 11.5. The van der Waals surface area contributed by atoms with E-state index in [-0.39, 0.29) is 40.8 Å². The first-order valence-corrected chi connectivity index (χ1v) is 11.5. The van der Waals surface area contributed by atoms with E-state index in [9.17, 15) is 0 Å². The molecule has 0 heterocycles. The first kappa shape index (κ1) is 23.6. The van der Waals surface area contributed by atoms with Crippen molar-refractivity contribution in [3.05, 3.63) is 12.8 Å². The Balaban J connectivity index is 0.00000121. The van der Waals surface area contributed by atoms with Crippen molar-refractivity contribution in [2.45, 2.75) is 103 Å². The summed E-state index contributed by atoms with van der Waals surface area (Å²) in [5.74, 6) is 6.60. The molecule has 26 heavy (non-hydrogen) atoms. The molecule has 0 nitrogen and oxygen atoms in total. The maximum atomic E-state index is 2.53. The van der Waals surface area contributed by atoms with E-state index >= 15 is 0 Å². The summed E-state index contributed by atoms with van der Waals surface area (Å²) in [4.78, 5) is 0. The number of hydrogen-bond donors (Lipinski definition) is 0. The van der Waals surface area contributed by atoms with E-state index in [2.05, 4.69) is 12.8 Å². The van der Waals surface area contributed by atoms with Crippen LogP contribution in [0.1, 0.15) is 103 Å². The molecular formula is C24H40Re2-2. The second-order valence-electron chi connectivity index (χ2n) is 9.76. The Labute approximate surface area is 191 Å². The van der Waals surface area contributed by atoms with Crippen LogP contribution in [-0.2, 0) is 40.8 Å². The molecule has 0 aromatic carbocycles. The van der Waals surface area contributed by atoms with E-state index in [4.69, 9.17) is 0 Å². The van der Waals surface area contributed by atoms with Crippen LogP contribution in [0.15, 0.2) is 0 Å². The molecule has 4 aliphatic carbocycles. The van der Waals surface area contributed by atoms with Crippen LogP contribution in [0.5, 0.6) is 0 Å². The molecule has 0 bridgehead atoms. The van der Waals surface area contributed by atoms with E-state index in [1.807, 2.05) is 0 Å². The van der Waals surface area contributed by atoms with Crippen LogP contribution in [0.4, 0.5) is 0 Å². The third-order valence-electron chi connectivity index (χ3n) is 8.60. The average molecular weight is 701 g/mol. The van der Waals surface area contributed by atoms with Gasteiger partial charge in [0.2, 0.25) is 0 Å². The second kappa shape index (κ2) is 12.1. The number of hydrogen-bond acceptors (Lipinski definition) is 0. The van der Waals surface area contributed by atoms with Crippen molar-refractivity contribution in [3.63, 3.8) is 0 Å². The third-order valence-corrected chi connectivity index (χ3v) is 8.60. The zero-order chi connectivity index (χ0) is 16.2. The molecule has 0 spiro atoms. The van der Waals surface area contributed by atoms with Crippen LogP contribution in [0.3, 0.4) is 0 Å². The van der Waals surface area contributed by atoms with Gasteiger partial charge in [-0.05, 0) is 86.9 Å². The van der Waals surface area contributed by atoms with E-state index in [1.165, 1.54) is 51.4 Å². The zero-order valence-electron chi connectivity index (χ0n) is 16.7. The molecule has 0 N–H and O–H groups in total. The molecule has 4 aliphatic rings. The maximum Gasteiger partial charge on any atom is 0 e. The minimum absolute atomic E-state index is 0. The molecule has 152 valence electrons. The van der Waals surface area contributed by atoms with Gasteiger partial charge in [-0.1, -0.05) is 25.7 Å². The minimum atomic E-state index is 0. The molecule has 0 atom stereocenters. The van der Waals surface area contributed by atoms with Crippen molar-refractivity contribution >= 4 is 0 Å². The molecule has 0 saturated heterocycles. The van der Waals surface area contributed by atoms with Gasteiger partial charge in [0.1, 0.15) is 0 Å². The zero-order valence-corrected chi connectivity index (χ0v) is 22.1. The largest absolute Gasteiger partial charge is 0.328 e. The van der Waals surface area contributed by atoms with Gasteiger partial charge in [-0.15, -0.1) is 0 Å². The molecule has 4 fully saturated rings. The fourth-order valence-electron chi connectivity index (χ4n) is 7.02. The van der Waals surface area contributed by atoms with Gasteiger partial charge in [0.25, 0.3) is 0 Å². The summed E-state index contributed by atoms with van der Waals surface area (Å²) in [6, 6.07) is 0. The summed E-state index contributed by atoms with van der Waals surface area (Å²) in [6.45, 7) is 0. The van der Waals surface area contributed by atoms with Crippen LogP contribution < -0.4 is 0 Å². The topological polar surface area (TPSA) is 0 Å². The molecule has 0 unspecified atom stereocenters. The normalized spacial score (nSPS) is 37.4. The average Bonchev–Trinajstić information content (AvgIpc) is 2.70. The van der Waals surface area contributed by atoms with Crippen molar-refractivity contribution in [2.24, 2.45) is 35.5 Å². The number of rotatable bonds is 3. The van der Waals surface area contributed by atoms with Crippen molar-refractivity contribution in [1.29, 1.82) is 0 Å². The fourth-order valence-corrected chi connectivity index (χ4v) is 7.02. The fraction of sp³-hybridized carbons (Fsp3) is 0.917. The molecule has 4 rings (SSSR count). The summed E-state index contributed by atoms with van der Waals surface area (Å²) in [5.41, 5.74) is 0.